The fourth-order valence-electron chi connectivity index (χ4n) is 3.16. The molecule has 1 amide bonds. The summed E-state index contributed by atoms with van der Waals surface area (Å²) in [7, 11) is 0. The molecule has 1 aliphatic heterocycles. The Morgan fingerprint density at radius 3 is 2.63 bits per heavy atom. The zero-order chi connectivity index (χ0) is 18.5. The minimum atomic E-state index is -0.388. The topological polar surface area (TPSA) is 50.8 Å². The number of ether oxygens (including phenoxy) is 2. The fourth-order valence-corrected chi connectivity index (χ4v) is 3.16. The number of rotatable bonds is 10. The third-order valence-corrected chi connectivity index (χ3v) is 4.67. The minimum absolute atomic E-state index is 0. The second-order valence-electron chi connectivity index (χ2n) is 6.98. The summed E-state index contributed by atoms with van der Waals surface area (Å²) >= 11 is 0. The molecule has 0 saturated carbocycles. The van der Waals surface area contributed by atoms with Crippen LogP contribution < -0.4 is 5.32 Å². The van der Waals surface area contributed by atoms with E-state index in [1.807, 2.05) is 24.3 Å². The van der Waals surface area contributed by atoms with Gasteiger partial charge >= 0.3 is 6.09 Å². The molecule has 0 aromatic heterocycles. The number of halogens is 1. The highest BCUT2D eigenvalue weighted by atomic mass is 35.5. The Morgan fingerprint density at radius 1 is 1.11 bits per heavy atom. The number of benzene rings is 1. The van der Waals surface area contributed by atoms with E-state index in [1.165, 1.54) is 38.5 Å². The molecule has 2 rings (SSSR count). The van der Waals surface area contributed by atoms with Gasteiger partial charge in [0, 0.05) is 18.8 Å². The van der Waals surface area contributed by atoms with E-state index in [4.69, 9.17) is 9.47 Å². The lowest BCUT2D eigenvalue weighted by Crippen LogP contribution is -2.30. The third kappa shape index (κ3) is 10.6. The molecule has 1 aromatic rings. The van der Waals surface area contributed by atoms with Crippen LogP contribution in [0.2, 0.25) is 0 Å². The SMILES string of the molecule is CCCCCOCc1cccc(NC(=O)OCCN2CCCCCC2)c1.Cl. The Hall–Kier alpha value is -1.30. The average molecular weight is 399 g/mol. The molecule has 1 N–H and O–H groups in total. The monoisotopic (exact) mass is 398 g/mol. The Balaban J connectivity index is 0.00000364. The summed E-state index contributed by atoms with van der Waals surface area (Å²) in [5.74, 6) is 0. The molecule has 6 heteroatoms. The van der Waals surface area contributed by atoms with Gasteiger partial charge in [-0.25, -0.2) is 4.79 Å². The van der Waals surface area contributed by atoms with E-state index >= 15 is 0 Å². The summed E-state index contributed by atoms with van der Waals surface area (Å²) in [6, 6.07) is 7.75. The number of carbonyl (C=O) groups excluding carboxylic acids is 1. The van der Waals surface area contributed by atoms with Crippen molar-refractivity contribution in [3.63, 3.8) is 0 Å². The van der Waals surface area contributed by atoms with Crippen LogP contribution >= 0.6 is 12.4 Å². The molecule has 0 unspecified atom stereocenters. The molecular formula is C21H35ClN2O3. The standard InChI is InChI=1S/C21H34N2O3.ClH/c1-2-3-8-15-25-18-19-10-9-11-20(17-19)22-21(24)26-16-14-23-12-6-4-5-7-13-23;/h9-11,17H,2-8,12-16,18H2,1H3,(H,22,24);1H. The molecule has 1 heterocycles. The largest absolute Gasteiger partial charge is 0.448 e. The molecule has 0 bridgehead atoms. The predicted octanol–water partition coefficient (Wildman–Crippen LogP) is 5.24. The lowest BCUT2D eigenvalue weighted by atomic mass is 10.2. The maximum Gasteiger partial charge on any atom is 0.411 e. The van der Waals surface area contributed by atoms with Crippen LogP contribution in [0.3, 0.4) is 0 Å². The van der Waals surface area contributed by atoms with Gasteiger partial charge in [0.15, 0.2) is 0 Å². The van der Waals surface area contributed by atoms with Gasteiger partial charge in [0.05, 0.1) is 6.61 Å². The summed E-state index contributed by atoms with van der Waals surface area (Å²) in [6.07, 6.45) is 8.23. The summed E-state index contributed by atoms with van der Waals surface area (Å²) in [5, 5.41) is 2.81. The third-order valence-electron chi connectivity index (χ3n) is 4.67. The second kappa shape index (κ2) is 14.7. The normalized spacial score (nSPS) is 14.9. The van der Waals surface area contributed by atoms with Crippen LogP contribution in [-0.2, 0) is 16.1 Å². The number of hydrogen-bond acceptors (Lipinski definition) is 4. The zero-order valence-corrected chi connectivity index (χ0v) is 17.4. The Morgan fingerprint density at radius 2 is 1.89 bits per heavy atom. The van der Waals surface area contributed by atoms with Crippen molar-refractivity contribution in [1.82, 2.24) is 4.90 Å². The Kier molecular flexibility index (Phi) is 12.9. The first-order chi connectivity index (χ1) is 12.8. The molecule has 1 fully saturated rings. The fraction of sp³-hybridized carbons (Fsp3) is 0.667. The van der Waals surface area contributed by atoms with Gasteiger partial charge in [-0.2, -0.15) is 0 Å². The van der Waals surface area contributed by atoms with Gasteiger partial charge < -0.3 is 9.47 Å². The molecule has 1 saturated heterocycles. The van der Waals surface area contributed by atoms with Crippen molar-refractivity contribution < 1.29 is 14.3 Å². The first-order valence-electron chi connectivity index (χ1n) is 10.1. The first-order valence-corrected chi connectivity index (χ1v) is 10.1. The molecule has 0 spiro atoms. The summed E-state index contributed by atoms with van der Waals surface area (Å²) < 4.78 is 11.0. The second-order valence-corrected chi connectivity index (χ2v) is 6.98. The lowest BCUT2D eigenvalue weighted by molar-refractivity contribution is 0.117. The van der Waals surface area contributed by atoms with Crippen LogP contribution in [0.15, 0.2) is 24.3 Å². The van der Waals surface area contributed by atoms with E-state index in [0.29, 0.717) is 13.2 Å². The van der Waals surface area contributed by atoms with Crippen molar-refractivity contribution >= 4 is 24.2 Å². The summed E-state index contributed by atoms with van der Waals surface area (Å²) in [6.45, 7) is 7.02. The van der Waals surface area contributed by atoms with Gasteiger partial charge in [-0.05, 0) is 50.0 Å². The van der Waals surface area contributed by atoms with Gasteiger partial charge in [-0.3, -0.25) is 10.2 Å². The average Bonchev–Trinajstić information content (AvgIpc) is 2.91. The molecule has 27 heavy (non-hydrogen) atoms. The van der Waals surface area contributed by atoms with Crippen LogP contribution in [0.4, 0.5) is 10.5 Å². The highest BCUT2D eigenvalue weighted by Gasteiger charge is 2.10. The molecule has 5 nitrogen and oxygen atoms in total. The zero-order valence-electron chi connectivity index (χ0n) is 16.6. The maximum atomic E-state index is 12.0. The minimum Gasteiger partial charge on any atom is -0.448 e. The van der Waals surface area contributed by atoms with E-state index in [9.17, 15) is 4.79 Å². The number of nitrogens with one attached hydrogen (secondary N) is 1. The lowest BCUT2D eigenvalue weighted by Gasteiger charge is -2.19. The van der Waals surface area contributed by atoms with Crippen molar-refractivity contribution in [2.75, 3.05) is 38.2 Å². The van der Waals surface area contributed by atoms with E-state index in [0.717, 1.165) is 43.9 Å². The smallest absolute Gasteiger partial charge is 0.411 e. The highest BCUT2D eigenvalue weighted by Crippen LogP contribution is 2.13. The first kappa shape index (κ1) is 23.7. The van der Waals surface area contributed by atoms with Crippen molar-refractivity contribution in [2.45, 2.75) is 58.5 Å². The number of hydrogen-bond donors (Lipinski definition) is 1. The predicted molar refractivity (Wildman–Crippen MR) is 113 cm³/mol. The van der Waals surface area contributed by atoms with Gasteiger partial charge in [0.1, 0.15) is 6.61 Å². The molecular weight excluding hydrogens is 364 g/mol. The van der Waals surface area contributed by atoms with Crippen LogP contribution in [0.1, 0.15) is 57.4 Å². The number of unbranched alkanes of at least 4 members (excludes halogenated alkanes) is 2. The van der Waals surface area contributed by atoms with Crippen molar-refractivity contribution in [1.29, 1.82) is 0 Å². The van der Waals surface area contributed by atoms with Crippen molar-refractivity contribution in [3.8, 4) is 0 Å². The van der Waals surface area contributed by atoms with Crippen LogP contribution in [0.5, 0.6) is 0 Å². The number of anilines is 1. The van der Waals surface area contributed by atoms with Crippen LogP contribution in [0, 0.1) is 0 Å². The van der Waals surface area contributed by atoms with Crippen molar-refractivity contribution in [3.05, 3.63) is 29.8 Å². The van der Waals surface area contributed by atoms with Crippen LogP contribution in [0.25, 0.3) is 0 Å². The van der Waals surface area contributed by atoms with E-state index in [1.54, 1.807) is 0 Å². The summed E-state index contributed by atoms with van der Waals surface area (Å²) in [5.41, 5.74) is 1.81. The molecule has 1 aromatic carbocycles. The summed E-state index contributed by atoms with van der Waals surface area (Å²) in [4.78, 5) is 14.4. The number of nitrogens with zero attached hydrogens (tertiary/aromatic N) is 1. The number of amides is 1. The maximum absolute atomic E-state index is 12.0. The van der Waals surface area contributed by atoms with Gasteiger partial charge in [0.25, 0.3) is 0 Å². The highest BCUT2D eigenvalue weighted by molar-refractivity contribution is 5.85. The van der Waals surface area contributed by atoms with E-state index < -0.39 is 0 Å². The number of likely N-dealkylation sites (tertiary alicyclic amines) is 1. The van der Waals surface area contributed by atoms with E-state index in [-0.39, 0.29) is 18.5 Å². The van der Waals surface area contributed by atoms with Crippen molar-refractivity contribution in [2.24, 2.45) is 0 Å². The van der Waals surface area contributed by atoms with Crippen LogP contribution in [-0.4, -0.2) is 43.8 Å². The molecule has 0 aliphatic carbocycles. The van der Waals surface area contributed by atoms with Gasteiger partial charge in [0.2, 0.25) is 0 Å². The van der Waals surface area contributed by atoms with E-state index in [2.05, 4.69) is 17.1 Å². The number of carbonyl (C=O) groups is 1. The van der Waals surface area contributed by atoms with Gasteiger partial charge in [-0.1, -0.05) is 44.7 Å². The molecule has 0 radical (unpaired) electrons. The molecule has 154 valence electrons. The van der Waals surface area contributed by atoms with Gasteiger partial charge in [-0.15, -0.1) is 12.4 Å². The Labute approximate surface area is 170 Å². The Bertz CT molecular complexity index is 520. The quantitative estimate of drug-likeness (QED) is 0.547. The molecule has 1 aliphatic rings. The molecule has 0 atom stereocenters.